The van der Waals surface area contributed by atoms with Crippen LogP contribution in [0.5, 0.6) is 12.0 Å². The highest BCUT2D eigenvalue weighted by molar-refractivity contribution is 5.96. The average molecular weight is 973 g/mol. The molecule has 9 aliphatic heterocycles. The van der Waals surface area contributed by atoms with Crippen molar-refractivity contribution in [1.29, 1.82) is 0 Å². The fourth-order valence-electron chi connectivity index (χ4n) is 6.46. The van der Waals surface area contributed by atoms with Crippen molar-refractivity contribution in [3.8, 4) is 12.0 Å². The van der Waals surface area contributed by atoms with E-state index < -0.39 is 40.3 Å². The van der Waals surface area contributed by atoms with Crippen molar-refractivity contribution in [1.82, 2.24) is 28.7 Å². The van der Waals surface area contributed by atoms with Gasteiger partial charge in [-0.05, 0) is 30.7 Å². The van der Waals surface area contributed by atoms with Crippen LogP contribution < -0.4 is 26.5 Å². The van der Waals surface area contributed by atoms with Gasteiger partial charge >= 0.3 is 41.0 Å². The SMILES string of the molecule is C(Oc1nc(OCC2CO2)nc(C2CO2)n1)C1CO1.C=O.CC1(n2c(=O)n(CC3CO3)c(=O)n(CC3CO3)c2=O)CO1.O=COCC1(c2cc(C(=O)OCC3CO3)cc(C(=O)OC3COC3)c2)CO1. The summed E-state index contributed by atoms with van der Waals surface area (Å²) < 4.78 is 75.5. The number of benzene rings is 1. The molecule has 372 valence electrons. The smallest absolute Gasteiger partial charge is 0.338 e. The van der Waals surface area contributed by atoms with Crippen LogP contribution in [0.4, 0.5) is 0 Å². The number of nitrogens with zero attached hydrogens (tertiary/aromatic N) is 6. The van der Waals surface area contributed by atoms with E-state index in [2.05, 4.69) is 15.0 Å². The van der Waals surface area contributed by atoms with E-state index in [0.29, 0.717) is 77.3 Å². The zero-order valence-electron chi connectivity index (χ0n) is 37.1. The van der Waals surface area contributed by atoms with Crippen molar-refractivity contribution in [2.24, 2.45) is 0 Å². The molecule has 27 heteroatoms. The van der Waals surface area contributed by atoms with Crippen molar-refractivity contribution < 1.29 is 85.5 Å². The van der Waals surface area contributed by atoms with E-state index in [0.717, 1.165) is 26.9 Å². The summed E-state index contributed by atoms with van der Waals surface area (Å²) in [4.78, 5) is 93.2. The second-order valence-corrected chi connectivity index (χ2v) is 17.0. The lowest BCUT2D eigenvalue weighted by Gasteiger charge is -2.25. The van der Waals surface area contributed by atoms with E-state index in [-0.39, 0.29) is 98.8 Å². The summed E-state index contributed by atoms with van der Waals surface area (Å²) in [6.07, 6.45) is -0.405. The first-order chi connectivity index (χ1) is 33.5. The number of hydrogen-bond donors (Lipinski definition) is 0. The molecule has 0 aliphatic carbocycles. The van der Waals surface area contributed by atoms with Crippen LogP contribution in [0.15, 0.2) is 32.6 Å². The first-order valence-electron chi connectivity index (χ1n) is 21.9. The lowest BCUT2D eigenvalue weighted by Crippen LogP contribution is -2.57. The number of carbonyl (C=O) groups is 4. The molecule has 9 fully saturated rings. The van der Waals surface area contributed by atoms with Crippen molar-refractivity contribution >= 4 is 25.2 Å². The maximum atomic E-state index is 12.5. The summed E-state index contributed by atoms with van der Waals surface area (Å²) in [5, 5.41) is 0. The Morgan fingerprint density at radius 3 is 1.64 bits per heavy atom. The molecule has 8 unspecified atom stereocenters. The maximum Gasteiger partial charge on any atom is 0.338 e. The van der Waals surface area contributed by atoms with E-state index in [1.165, 1.54) is 6.07 Å². The summed E-state index contributed by atoms with van der Waals surface area (Å²) in [6.45, 7) is 10.3. The highest BCUT2D eigenvalue weighted by Crippen LogP contribution is 2.40. The van der Waals surface area contributed by atoms with Gasteiger partial charge in [-0.3, -0.25) is 4.79 Å². The molecule has 3 aromatic rings. The summed E-state index contributed by atoms with van der Waals surface area (Å²) >= 11 is 0. The zero-order valence-corrected chi connectivity index (χ0v) is 37.1. The summed E-state index contributed by atoms with van der Waals surface area (Å²) in [6, 6.07) is 5.06. The maximum absolute atomic E-state index is 12.5. The van der Waals surface area contributed by atoms with Crippen LogP contribution in [-0.2, 0) is 90.8 Å². The third kappa shape index (κ3) is 12.8. The van der Waals surface area contributed by atoms with E-state index in [9.17, 15) is 28.8 Å². The lowest BCUT2D eigenvalue weighted by molar-refractivity contribution is -0.130. The van der Waals surface area contributed by atoms with Gasteiger partial charge in [-0.25, -0.2) is 37.7 Å². The van der Waals surface area contributed by atoms with Gasteiger partial charge < -0.3 is 71.1 Å². The molecule has 69 heavy (non-hydrogen) atoms. The second-order valence-electron chi connectivity index (χ2n) is 17.0. The molecule has 8 atom stereocenters. The van der Waals surface area contributed by atoms with Gasteiger partial charge in [0, 0.05) is 0 Å². The van der Waals surface area contributed by atoms with Crippen molar-refractivity contribution in [2.45, 2.75) is 74.1 Å². The van der Waals surface area contributed by atoms with E-state index >= 15 is 0 Å². The molecule has 0 spiro atoms. The molecule has 1 aromatic carbocycles. The summed E-state index contributed by atoms with van der Waals surface area (Å²) in [5.41, 5.74) is -2.82. The highest BCUT2D eigenvalue weighted by atomic mass is 16.6. The number of hydrogen-bond acceptors (Lipinski definition) is 24. The van der Waals surface area contributed by atoms with E-state index in [1.807, 2.05) is 6.79 Å². The van der Waals surface area contributed by atoms with Crippen LogP contribution in [0.25, 0.3) is 0 Å². The predicted molar refractivity (Wildman–Crippen MR) is 221 cm³/mol. The average Bonchev–Trinajstić information content (AvgIpc) is 4.15. The first kappa shape index (κ1) is 48.0. The van der Waals surface area contributed by atoms with Gasteiger partial charge in [-0.1, -0.05) is 0 Å². The van der Waals surface area contributed by atoms with Gasteiger partial charge in [0.15, 0.2) is 17.2 Å². The van der Waals surface area contributed by atoms with Crippen LogP contribution in [0.2, 0.25) is 0 Å². The predicted octanol–water partition coefficient (Wildman–Crippen LogP) is -2.82. The number of epoxide rings is 8. The van der Waals surface area contributed by atoms with Crippen molar-refractivity contribution in [2.75, 3.05) is 92.5 Å². The molecule has 0 saturated carbocycles. The van der Waals surface area contributed by atoms with Gasteiger partial charge in [0.05, 0.1) is 102 Å². The van der Waals surface area contributed by atoms with Crippen LogP contribution >= 0.6 is 0 Å². The highest BCUT2D eigenvalue weighted by Gasteiger charge is 2.49. The monoisotopic (exact) mass is 972 g/mol. The van der Waals surface area contributed by atoms with Crippen molar-refractivity contribution in [3.63, 3.8) is 0 Å². The Bertz CT molecular complexity index is 2460. The standard InChI is InChI=1S/C18H18O9.C12H15N3O6.C11H13N3O5.CH2O/c19-10-23-8-18(9-26-18)13-2-11(16(20)25-7-14-6-24-14)1-12(3-13)17(21)27-15-4-22-5-15;1-12(6-21-12)15-10(17)13(2-7-4-19-7)9(16)14(11(15)18)3-8-5-20-8;1-6(15-1)3-18-10-12-9(8-5-17-8)13-11(14-10)19-4-7-2-16-7;1-2/h1-3,10,14-15H,4-9H2;7-8H,2-6H2,1H3;6-8H,1-5H2;1H2. The molecule has 9 saturated heterocycles. The second kappa shape index (κ2) is 20.5. The molecule has 9 aliphatic rings. The molecular weight excluding hydrogens is 924 g/mol. The van der Waals surface area contributed by atoms with Gasteiger partial charge in [-0.15, -0.1) is 4.98 Å². The van der Waals surface area contributed by atoms with Crippen LogP contribution in [0, 0.1) is 0 Å². The summed E-state index contributed by atoms with van der Waals surface area (Å²) in [5.74, 6) is -0.606. The van der Waals surface area contributed by atoms with Crippen molar-refractivity contribution in [3.05, 3.63) is 72.2 Å². The van der Waals surface area contributed by atoms with Gasteiger partial charge in [0.1, 0.15) is 63.7 Å². The minimum Gasteiger partial charge on any atom is -0.464 e. The molecule has 0 amide bonds. The van der Waals surface area contributed by atoms with Gasteiger partial charge in [0.25, 0.3) is 6.47 Å². The zero-order chi connectivity index (χ0) is 48.3. The molecule has 12 rings (SSSR count). The molecule has 0 radical (unpaired) electrons. The minimum atomic E-state index is -0.958. The third-order valence-electron chi connectivity index (χ3n) is 11.2. The number of rotatable bonds is 21. The summed E-state index contributed by atoms with van der Waals surface area (Å²) in [7, 11) is 0. The van der Waals surface area contributed by atoms with Crippen LogP contribution in [-0.4, -0.2) is 183 Å². The normalized spacial score (nSPS) is 28.7. The fourth-order valence-corrected chi connectivity index (χ4v) is 6.46. The number of carbonyl (C=O) groups excluding carboxylic acids is 4. The number of ether oxygens (including phenoxy) is 14. The Balaban J connectivity index is 0.000000129. The molecule has 0 N–H and O–H groups in total. The first-order valence-corrected chi connectivity index (χ1v) is 21.9. The minimum absolute atomic E-state index is 0.0180. The van der Waals surface area contributed by atoms with E-state index in [4.69, 9.17) is 71.1 Å². The van der Waals surface area contributed by atoms with E-state index in [1.54, 1.807) is 19.1 Å². The fraction of sp³-hybridized carbons (Fsp3) is 0.619. The molecule has 0 bridgehead atoms. The molecule has 11 heterocycles. The Kier molecular flexibility index (Phi) is 14.3. The Morgan fingerprint density at radius 2 is 1.20 bits per heavy atom. The number of aromatic nitrogens is 6. The third-order valence-corrected chi connectivity index (χ3v) is 11.2. The number of esters is 2. The van der Waals surface area contributed by atoms with Gasteiger partial charge in [-0.2, -0.15) is 9.97 Å². The Hall–Kier alpha value is -6.04. The lowest BCUT2D eigenvalue weighted by atomic mass is 9.95. The van der Waals surface area contributed by atoms with Crippen LogP contribution in [0.1, 0.15) is 45.1 Å². The molecular formula is C42H48N6O21. The largest absolute Gasteiger partial charge is 0.464 e. The quantitative estimate of drug-likeness (QED) is 0.0450. The topological polar surface area (TPSA) is 329 Å². The Morgan fingerprint density at radius 1 is 0.696 bits per heavy atom. The Labute approximate surface area is 389 Å². The van der Waals surface area contributed by atoms with Gasteiger partial charge in [0.2, 0.25) is 0 Å². The van der Waals surface area contributed by atoms with Crippen LogP contribution in [0.3, 0.4) is 0 Å². The molecule has 27 nitrogen and oxygen atoms in total. The molecule has 2 aromatic heterocycles.